The lowest BCUT2D eigenvalue weighted by Gasteiger charge is -2.19. The minimum atomic E-state index is -0.170. The van der Waals surface area contributed by atoms with Gasteiger partial charge in [0.15, 0.2) is 0 Å². The maximum absolute atomic E-state index is 12.2. The van der Waals surface area contributed by atoms with Crippen LogP contribution in [0.2, 0.25) is 0 Å². The highest BCUT2D eigenvalue weighted by molar-refractivity contribution is 5.92. The molecule has 0 saturated heterocycles. The average molecular weight is 369 g/mol. The number of ether oxygens (including phenoxy) is 1. The van der Waals surface area contributed by atoms with Crippen molar-refractivity contribution in [2.75, 3.05) is 32.1 Å². The molecule has 0 aromatic heterocycles. The molecule has 2 N–H and O–H groups in total. The number of nitrogens with zero attached hydrogens (tertiary/aromatic N) is 1. The third-order valence-electron chi connectivity index (χ3n) is 4.15. The van der Waals surface area contributed by atoms with Crippen molar-refractivity contribution in [1.82, 2.24) is 10.2 Å². The van der Waals surface area contributed by atoms with Crippen LogP contribution in [0.5, 0.6) is 5.75 Å². The van der Waals surface area contributed by atoms with Crippen LogP contribution in [-0.4, -0.2) is 43.5 Å². The number of hydrogen-bond donors (Lipinski definition) is 2. The van der Waals surface area contributed by atoms with Crippen molar-refractivity contribution < 1.29 is 14.3 Å². The fourth-order valence-corrected chi connectivity index (χ4v) is 2.55. The summed E-state index contributed by atoms with van der Waals surface area (Å²) in [7, 11) is 1.58. The number of methoxy groups -OCH3 is 1. The van der Waals surface area contributed by atoms with Crippen LogP contribution in [0, 0.1) is 6.92 Å². The van der Waals surface area contributed by atoms with E-state index in [2.05, 4.69) is 10.6 Å². The molecule has 2 amide bonds. The van der Waals surface area contributed by atoms with E-state index in [-0.39, 0.29) is 24.9 Å². The second-order valence-corrected chi connectivity index (χ2v) is 6.35. The van der Waals surface area contributed by atoms with Crippen molar-refractivity contribution in [3.8, 4) is 5.75 Å². The Morgan fingerprint density at radius 2 is 1.74 bits per heavy atom. The van der Waals surface area contributed by atoms with Gasteiger partial charge >= 0.3 is 0 Å². The summed E-state index contributed by atoms with van der Waals surface area (Å²) in [6.07, 6.45) is 0. The van der Waals surface area contributed by atoms with Crippen molar-refractivity contribution in [1.29, 1.82) is 0 Å². The van der Waals surface area contributed by atoms with Crippen molar-refractivity contribution >= 4 is 17.5 Å². The van der Waals surface area contributed by atoms with Gasteiger partial charge in [0.25, 0.3) is 0 Å². The zero-order valence-electron chi connectivity index (χ0n) is 16.1. The fourth-order valence-electron chi connectivity index (χ4n) is 2.55. The summed E-state index contributed by atoms with van der Waals surface area (Å²) in [6, 6.07) is 15.2. The highest BCUT2D eigenvalue weighted by Crippen LogP contribution is 2.16. The van der Waals surface area contributed by atoms with E-state index in [9.17, 15) is 9.59 Å². The molecule has 0 aliphatic carbocycles. The summed E-state index contributed by atoms with van der Waals surface area (Å²) in [5, 5.41) is 5.72. The van der Waals surface area contributed by atoms with Gasteiger partial charge in [0, 0.05) is 18.3 Å². The number of aryl methyl sites for hydroxylation is 1. The SMILES string of the molecule is CCN(CC(=O)NCc1ccc(C)cc1)CC(=O)Nc1cccc(OC)c1. The van der Waals surface area contributed by atoms with Gasteiger partial charge in [0.1, 0.15) is 5.75 Å². The summed E-state index contributed by atoms with van der Waals surface area (Å²) in [5.74, 6) is 0.402. The van der Waals surface area contributed by atoms with Crippen LogP contribution in [0.15, 0.2) is 48.5 Å². The van der Waals surface area contributed by atoms with Crippen molar-refractivity contribution in [3.63, 3.8) is 0 Å². The second-order valence-electron chi connectivity index (χ2n) is 6.35. The molecule has 0 spiro atoms. The van der Waals surface area contributed by atoms with E-state index in [1.165, 1.54) is 5.56 Å². The van der Waals surface area contributed by atoms with Gasteiger partial charge < -0.3 is 15.4 Å². The second kappa shape index (κ2) is 10.3. The molecule has 0 unspecified atom stereocenters. The van der Waals surface area contributed by atoms with Crippen LogP contribution in [-0.2, 0) is 16.1 Å². The summed E-state index contributed by atoms with van der Waals surface area (Å²) in [4.78, 5) is 26.2. The molecule has 144 valence electrons. The summed E-state index contributed by atoms with van der Waals surface area (Å²) >= 11 is 0. The van der Waals surface area contributed by atoms with Gasteiger partial charge in [-0.2, -0.15) is 0 Å². The largest absolute Gasteiger partial charge is 0.497 e. The number of benzene rings is 2. The Bertz CT molecular complexity index is 760. The Hall–Kier alpha value is -2.86. The number of likely N-dealkylation sites (N-methyl/N-ethyl adjacent to an activating group) is 1. The van der Waals surface area contributed by atoms with Gasteiger partial charge in [-0.1, -0.05) is 42.8 Å². The topological polar surface area (TPSA) is 70.7 Å². The summed E-state index contributed by atoms with van der Waals surface area (Å²) in [6.45, 7) is 5.35. The first kappa shape index (κ1) is 20.5. The van der Waals surface area contributed by atoms with Crippen LogP contribution < -0.4 is 15.4 Å². The van der Waals surface area contributed by atoms with Gasteiger partial charge in [-0.05, 0) is 31.2 Å². The Labute approximate surface area is 160 Å². The molecular weight excluding hydrogens is 342 g/mol. The van der Waals surface area contributed by atoms with E-state index in [1.54, 1.807) is 24.1 Å². The van der Waals surface area contributed by atoms with Crippen molar-refractivity contribution in [3.05, 3.63) is 59.7 Å². The van der Waals surface area contributed by atoms with Crippen LogP contribution in [0.25, 0.3) is 0 Å². The van der Waals surface area contributed by atoms with E-state index in [0.29, 0.717) is 24.5 Å². The standard InChI is InChI=1S/C21H27N3O3/c1-4-24(14-20(25)22-13-17-10-8-16(2)9-11-17)15-21(26)23-18-6-5-7-19(12-18)27-3/h5-12H,4,13-15H2,1-3H3,(H,22,25)(H,23,26). The molecular formula is C21H27N3O3. The Balaban J connectivity index is 1.80. The molecule has 0 radical (unpaired) electrons. The molecule has 0 bridgehead atoms. The highest BCUT2D eigenvalue weighted by Gasteiger charge is 2.13. The number of rotatable bonds is 9. The monoisotopic (exact) mass is 369 g/mol. The first-order chi connectivity index (χ1) is 13.0. The molecule has 6 nitrogen and oxygen atoms in total. The normalized spacial score (nSPS) is 10.5. The molecule has 27 heavy (non-hydrogen) atoms. The Kier molecular flexibility index (Phi) is 7.82. The molecule has 0 saturated carbocycles. The van der Waals surface area contributed by atoms with E-state index >= 15 is 0 Å². The van der Waals surface area contributed by atoms with E-state index in [1.807, 2.05) is 50.2 Å². The van der Waals surface area contributed by atoms with Gasteiger partial charge in [0.05, 0.1) is 20.2 Å². The number of anilines is 1. The molecule has 2 rings (SSSR count). The number of nitrogens with one attached hydrogen (secondary N) is 2. The van der Waals surface area contributed by atoms with Gasteiger partial charge in [-0.15, -0.1) is 0 Å². The summed E-state index contributed by atoms with van der Waals surface area (Å²) in [5.41, 5.74) is 2.90. The predicted molar refractivity (Wildman–Crippen MR) is 107 cm³/mol. The molecule has 0 atom stereocenters. The molecule has 0 heterocycles. The lowest BCUT2D eigenvalue weighted by molar-refractivity contribution is -0.123. The van der Waals surface area contributed by atoms with Crippen LogP contribution in [0.3, 0.4) is 0 Å². The zero-order valence-corrected chi connectivity index (χ0v) is 16.1. The number of hydrogen-bond acceptors (Lipinski definition) is 4. The van der Waals surface area contributed by atoms with Crippen LogP contribution >= 0.6 is 0 Å². The van der Waals surface area contributed by atoms with E-state index in [0.717, 1.165) is 5.56 Å². The Morgan fingerprint density at radius 1 is 1.04 bits per heavy atom. The molecule has 2 aromatic carbocycles. The Morgan fingerprint density at radius 3 is 2.41 bits per heavy atom. The maximum atomic E-state index is 12.2. The minimum Gasteiger partial charge on any atom is -0.497 e. The van der Waals surface area contributed by atoms with Crippen molar-refractivity contribution in [2.24, 2.45) is 0 Å². The summed E-state index contributed by atoms with van der Waals surface area (Å²) < 4.78 is 5.15. The quantitative estimate of drug-likeness (QED) is 0.713. The number of carbonyl (C=O) groups excluding carboxylic acids is 2. The average Bonchev–Trinajstić information content (AvgIpc) is 2.67. The van der Waals surface area contributed by atoms with Crippen LogP contribution in [0.4, 0.5) is 5.69 Å². The van der Waals surface area contributed by atoms with E-state index in [4.69, 9.17) is 4.74 Å². The van der Waals surface area contributed by atoms with Gasteiger partial charge in [-0.3, -0.25) is 14.5 Å². The molecule has 0 aliphatic rings. The molecule has 0 aliphatic heterocycles. The molecule has 6 heteroatoms. The highest BCUT2D eigenvalue weighted by atomic mass is 16.5. The number of carbonyl (C=O) groups is 2. The van der Waals surface area contributed by atoms with Gasteiger partial charge in [-0.25, -0.2) is 0 Å². The zero-order chi connectivity index (χ0) is 19.6. The third kappa shape index (κ3) is 7.11. The molecule has 2 aromatic rings. The first-order valence-corrected chi connectivity index (χ1v) is 8.98. The fraction of sp³-hybridized carbons (Fsp3) is 0.333. The maximum Gasteiger partial charge on any atom is 0.238 e. The lowest BCUT2D eigenvalue weighted by Crippen LogP contribution is -2.40. The van der Waals surface area contributed by atoms with E-state index < -0.39 is 0 Å². The molecule has 0 fully saturated rings. The third-order valence-corrected chi connectivity index (χ3v) is 4.15. The van der Waals surface area contributed by atoms with Crippen LogP contribution in [0.1, 0.15) is 18.1 Å². The first-order valence-electron chi connectivity index (χ1n) is 8.98. The number of amides is 2. The smallest absolute Gasteiger partial charge is 0.238 e. The minimum absolute atomic E-state index is 0.105. The van der Waals surface area contributed by atoms with Crippen molar-refractivity contribution in [2.45, 2.75) is 20.4 Å². The van der Waals surface area contributed by atoms with Gasteiger partial charge in [0.2, 0.25) is 11.8 Å². The predicted octanol–water partition coefficient (Wildman–Crippen LogP) is 2.58. The lowest BCUT2D eigenvalue weighted by atomic mass is 10.1.